The molecular weight excluding hydrogens is 228 g/mol. The van der Waals surface area contributed by atoms with Crippen LogP contribution in [0.5, 0.6) is 5.75 Å². The van der Waals surface area contributed by atoms with Crippen LogP contribution in [0.3, 0.4) is 0 Å². The zero-order valence-corrected chi connectivity index (χ0v) is 10.1. The van der Waals surface area contributed by atoms with E-state index in [4.69, 9.17) is 9.47 Å². The Kier molecular flexibility index (Phi) is 3.97. The van der Waals surface area contributed by atoms with Crippen molar-refractivity contribution in [3.8, 4) is 5.75 Å². The third-order valence-electron chi connectivity index (χ3n) is 2.44. The summed E-state index contributed by atoms with van der Waals surface area (Å²) in [7, 11) is 0. The molecule has 2 aromatic carbocycles. The number of hydrogen-bond donors (Lipinski definition) is 0. The van der Waals surface area contributed by atoms with Crippen molar-refractivity contribution in [3.05, 3.63) is 54.8 Å². The molecule has 0 aliphatic carbocycles. The largest absolute Gasteiger partial charge is 0.464 e. The van der Waals surface area contributed by atoms with Gasteiger partial charge >= 0.3 is 5.97 Å². The number of carbonyl (C=O) groups excluding carboxylic acids is 1. The second-order valence-corrected chi connectivity index (χ2v) is 3.65. The smallest absolute Gasteiger partial charge is 0.333 e. The molecule has 18 heavy (non-hydrogen) atoms. The van der Waals surface area contributed by atoms with Gasteiger partial charge in [0, 0.05) is 5.39 Å². The SMILES string of the molecule is CCOC(=O)/C=C\Oc1cccc2ccccc12. The van der Waals surface area contributed by atoms with Crippen molar-refractivity contribution in [2.45, 2.75) is 6.92 Å². The van der Waals surface area contributed by atoms with Crippen molar-refractivity contribution in [2.75, 3.05) is 6.61 Å². The lowest BCUT2D eigenvalue weighted by atomic mass is 10.1. The average molecular weight is 242 g/mol. The molecule has 0 aliphatic heterocycles. The Balaban J connectivity index is 2.15. The molecule has 2 aromatic rings. The van der Waals surface area contributed by atoms with Gasteiger partial charge in [0.15, 0.2) is 0 Å². The number of rotatable bonds is 4. The molecule has 0 fully saturated rings. The summed E-state index contributed by atoms with van der Waals surface area (Å²) >= 11 is 0. The molecule has 0 atom stereocenters. The van der Waals surface area contributed by atoms with Gasteiger partial charge in [-0.2, -0.15) is 0 Å². The average Bonchev–Trinajstić information content (AvgIpc) is 2.39. The second kappa shape index (κ2) is 5.87. The molecule has 0 unspecified atom stereocenters. The zero-order valence-electron chi connectivity index (χ0n) is 10.1. The van der Waals surface area contributed by atoms with E-state index in [-0.39, 0.29) is 0 Å². The van der Waals surface area contributed by atoms with E-state index >= 15 is 0 Å². The van der Waals surface area contributed by atoms with Crippen LogP contribution in [0.1, 0.15) is 6.92 Å². The molecule has 0 saturated heterocycles. The Hall–Kier alpha value is -2.29. The predicted molar refractivity (Wildman–Crippen MR) is 70.3 cm³/mol. The second-order valence-electron chi connectivity index (χ2n) is 3.65. The summed E-state index contributed by atoms with van der Waals surface area (Å²) in [4.78, 5) is 11.1. The Morgan fingerprint density at radius 1 is 1.17 bits per heavy atom. The van der Waals surface area contributed by atoms with E-state index in [0.717, 1.165) is 10.8 Å². The van der Waals surface area contributed by atoms with Crippen molar-refractivity contribution in [3.63, 3.8) is 0 Å². The Labute approximate surface area is 106 Å². The van der Waals surface area contributed by atoms with Crippen LogP contribution in [0.2, 0.25) is 0 Å². The first-order chi connectivity index (χ1) is 8.81. The fraction of sp³-hybridized carbons (Fsp3) is 0.133. The number of esters is 1. The van der Waals surface area contributed by atoms with Gasteiger partial charge in [-0.05, 0) is 18.4 Å². The van der Waals surface area contributed by atoms with Crippen molar-refractivity contribution in [1.29, 1.82) is 0 Å². The van der Waals surface area contributed by atoms with Crippen molar-refractivity contribution >= 4 is 16.7 Å². The van der Waals surface area contributed by atoms with Gasteiger partial charge in [-0.3, -0.25) is 0 Å². The molecule has 0 radical (unpaired) electrons. The molecular formula is C15H14O3. The van der Waals surface area contributed by atoms with Crippen LogP contribution < -0.4 is 4.74 Å². The third kappa shape index (κ3) is 2.88. The summed E-state index contributed by atoms with van der Waals surface area (Å²) in [5.41, 5.74) is 0. The number of hydrogen-bond acceptors (Lipinski definition) is 3. The summed E-state index contributed by atoms with van der Waals surface area (Å²) in [6, 6.07) is 13.7. The van der Waals surface area contributed by atoms with Gasteiger partial charge in [-0.15, -0.1) is 0 Å². The quantitative estimate of drug-likeness (QED) is 0.469. The van der Waals surface area contributed by atoms with Crippen molar-refractivity contribution in [2.24, 2.45) is 0 Å². The van der Waals surface area contributed by atoms with Crippen LogP contribution in [-0.2, 0) is 9.53 Å². The molecule has 3 heteroatoms. The summed E-state index contributed by atoms with van der Waals surface area (Å²) in [5, 5.41) is 2.10. The van der Waals surface area contributed by atoms with E-state index < -0.39 is 5.97 Å². The minimum atomic E-state index is -0.405. The van der Waals surface area contributed by atoms with Crippen LogP contribution in [0.25, 0.3) is 10.8 Å². The zero-order chi connectivity index (χ0) is 12.8. The fourth-order valence-corrected chi connectivity index (χ4v) is 1.65. The minimum Gasteiger partial charge on any atom is -0.464 e. The molecule has 0 spiro atoms. The Bertz CT molecular complexity index is 567. The van der Waals surface area contributed by atoms with Gasteiger partial charge in [-0.25, -0.2) is 4.79 Å². The lowest BCUT2D eigenvalue weighted by Crippen LogP contribution is -1.99. The number of fused-ring (bicyclic) bond motifs is 1. The number of benzene rings is 2. The maximum atomic E-state index is 11.1. The molecule has 0 heterocycles. The van der Waals surface area contributed by atoms with E-state index in [0.29, 0.717) is 12.4 Å². The number of carbonyl (C=O) groups is 1. The molecule has 0 saturated carbocycles. The first-order valence-corrected chi connectivity index (χ1v) is 5.79. The predicted octanol–water partition coefficient (Wildman–Crippen LogP) is 3.30. The molecule has 0 amide bonds. The maximum absolute atomic E-state index is 11.1. The molecule has 2 rings (SSSR count). The highest BCUT2D eigenvalue weighted by atomic mass is 16.5. The topological polar surface area (TPSA) is 35.5 Å². The van der Waals surface area contributed by atoms with Crippen LogP contribution in [0.15, 0.2) is 54.8 Å². The van der Waals surface area contributed by atoms with Gasteiger partial charge in [-0.1, -0.05) is 36.4 Å². The molecule has 3 nitrogen and oxygen atoms in total. The highest BCUT2D eigenvalue weighted by Gasteiger charge is 2.00. The fourth-order valence-electron chi connectivity index (χ4n) is 1.65. The Morgan fingerprint density at radius 2 is 1.94 bits per heavy atom. The van der Waals surface area contributed by atoms with Crippen molar-refractivity contribution < 1.29 is 14.3 Å². The lowest BCUT2D eigenvalue weighted by Gasteiger charge is -2.04. The van der Waals surface area contributed by atoms with E-state index in [2.05, 4.69) is 0 Å². The van der Waals surface area contributed by atoms with Gasteiger partial charge < -0.3 is 9.47 Å². The highest BCUT2D eigenvalue weighted by molar-refractivity contribution is 5.88. The van der Waals surface area contributed by atoms with Crippen LogP contribution in [0, 0.1) is 0 Å². The Morgan fingerprint density at radius 3 is 2.78 bits per heavy atom. The molecule has 0 bridgehead atoms. The molecule has 0 N–H and O–H groups in total. The van der Waals surface area contributed by atoms with E-state index in [1.165, 1.54) is 12.3 Å². The third-order valence-corrected chi connectivity index (χ3v) is 2.44. The van der Waals surface area contributed by atoms with Crippen LogP contribution >= 0.6 is 0 Å². The molecule has 0 aliphatic rings. The molecule has 92 valence electrons. The van der Waals surface area contributed by atoms with E-state index in [1.807, 2.05) is 42.5 Å². The minimum absolute atomic E-state index is 0.359. The summed E-state index contributed by atoms with van der Waals surface area (Å²) in [5.74, 6) is 0.311. The van der Waals surface area contributed by atoms with Crippen LogP contribution in [0.4, 0.5) is 0 Å². The first kappa shape index (κ1) is 12.2. The van der Waals surface area contributed by atoms with Gasteiger partial charge in [0.25, 0.3) is 0 Å². The normalized spacial score (nSPS) is 10.7. The summed E-state index contributed by atoms with van der Waals surface area (Å²) in [6.07, 6.45) is 2.62. The summed E-state index contributed by atoms with van der Waals surface area (Å²) < 4.78 is 10.2. The van der Waals surface area contributed by atoms with Crippen LogP contribution in [-0.4, -0.2) is 12.6 Å². The van der Waals surface area contributed by atoms with Gasteiger partial charge in [0.2, 0.25) is 0 Å². The molecule has 0 aromatic heterocycles. The first-order valence-electron chi connectivity index (χ1n) is 5.79. The summed E-state index contributed by atoms with van der Waals surface area (Å²) in [6.45, 7) is 2.12. The number of ether oxygens (including phenoxy) is 2. The monoisotopic (exact) mass is 242 g/mol. The van der Waals surface area contributed by atoms with E-state index in [1.54, 1.807) is 6.92 Å². The maximum Gasteiger partial charge on any atom is 0.333 e. The standard InChI is InChI=1S/C15H14O3/c1-2-17-15(16)10-11-18-14-9-5-7-12-6-3-4-8-13(12)14/h3-11H,2H2,1H3/b11-10-. The van der Waals surface area contributed by atoms with Gasteiger partial charge in [0.1, 0.15) is 5.75 Å². The lowest BCUT2D eigenvalue weighted by molar-refractivity contribution is -0.137. The highest BCUT2D eigenvalue weighted by Crippen LogP contribution is 2.25. The van der Waals surface area contributed by atoms with Gasteiger partial charge in [0.05, 0.1) is 18.9 Å². The van der Waals surface area contributed by atoms with E-state index in [9.17, 15) is 4.79 Å². The van der Waals surface area contributed by atoms with Crippen molar-refractivity contribution in [1.82, 2.24) is 0 Å².